The minimum absolute atomic E-state index is 0.251. The van der Waals surface area contributed by atoms with E-state index in [1.54, 1.807) is 0 Å². The maximum atomic E-state index is 11.3. The summed E-state index contributed by atoms with van der Waals surface area (Å²) in [5.41, 5.74) is 6.33. The molecule has 0 aliphatic rings. The lowest BCUT2D eigenvalue weighted by Gasteiger charge is -2.07. The molecular weight excluding hydrogens is 394 g/mol. The first-order valence-electron chi connectivity index (χ1n) is 9.25. The van der Waals surface area contributed by atoms with Crippen LogP contribution in [-0.2, 0) is 24.0 Å². The van der Waals surface area contributed by atoms with Crippen LogP contribution in [0.25, 0.3) is 0 Å². The molecule has 168 valence electrons. The van der Waals surface area contributed by atoms with Crippen LogP contribution < -0.4 is 27.0 Å². The Balaban J connectivity index is 0. The Bertz CT molecular complexity index is 667. The molecule has 1 aromatic rings. The summed E-state index contributed by atoms with van der Waals surface area (Å²) in [6.45, 7) is 4.17. The van der Waals surface area contributed by atoms with E-state index >= 15 is 0 Å². The van der Waals surface area contributed by atoms with E-state index in [4.69, 9.17) is 10.8 Å². The quantitative estimate of drug-likeness (QED) is 0.279. The number of amides is 4. The zero-order valence-corrected chi connectivity index (χ0v) is 17.5. The van der Waals surface area contributed by atoms with E-state index in [0.717, 1.165) is 0 Å². The van der Waals surface area contributed by atoms with Crippen molar-refractivity contribution >= 4 is 29.6 Å². The van der Waals surface area contributed by atoms with Gasteiger partial charge in [0.2, 0.25) is 23.6 Å². The summed E-state index contributed by atoms with van der Waals surface area (Å²) in [7, 11) is 0. The molecule has 0 heterocycles. The fraction of sp³-hybridized carbons (Fsp3) is 0.421. The third-order valence-electron chi connectivity index (χ3n) is 2.90. The van der Waals surface area contributed by atoms with Gasteiger partial charge in [-0.05, 0) is 6.92 Å². The number of aryl methyl sites for hydroxylation is 1. The molecule has 0 aliphatic carbocycles. The lowest BCUT2D eigenvalue weighted by atomic mass is 10.2. The second-order valence-electron chi connectivity index (χ2n) is 5.36. The molecule has 0 saturated carbocycles. The molecule has 0 bridgehead atoms. The van der Waals surface area contributed by atoms with Gasteiger partial charge in [0.25, 0.3) is 0 Å². The number of carbonyl (C=O) groups is 5. The Hall–Kier alpha value is -3.47. The number of aliphatic carboxylic acids is 1. The van der Waals surface area contributed by atoms with Gasteiger partial charge in [-0.1, -0.05) is 49.7 Å². The summed E-state index contributed by atoms with van der Waals surface area (Å²) >= 11 is 0. The van der Waals surface area contributed by atoms with Gasteiger partial charge < -0.3 is 32.1 Å². The summed E-state index contributed by atoms with van der Waals surface area (Å²) < 4.78 is 0. The highest BCUT2D eigenvalue weighted by Crippen LogP contribution is 1.92. The number of nitrogens with two attached hydrogens (primary N) is 1. The van der Waals surface area contributed by atoms with Crippen LogP contribution in [0.1, 0.15) is 19.4 Å². The molecular formula is C19H31N5O6. The zero-order valence-electron chi connectivity index (χ0n) is 17.5. The molecule has 11 heteroatoms. The average molecular weight is 425 g/mol. The Morgan fingerprint density at radius 3 is 1.40 bits per heavy atom. The van der Waals surface area contributed by atoms with Crippen molar-refractivity contribution in [3.8, 4) is 0 Å². The van der Waals surface area contributed by atoms with E-state index in [1.807, 2.05) is 37.4 Å². The van der Waals surface area contributed by atoms with Crippen LogP contribution in [-0.4, -0.2) is 67.4 Å². The minimum atomic E-state index is -1.21. The molecule has 0 saturated heterocycles. The third kappa shape index (κ3) is 19.3. The number of nitrogens with one attached hydrogen (secondary N) is 4. The number of carbonyl (C=O) groups excluding carboxylic acids is 4. The van der Waals surface area contributed by atoms with Gasteiger partial charge in [-0.15, -0.1) is 0 Å². The van der Waals surface area contributed by atoms with Crippen LogP contribution in [0.4, 0.5) is 0 Å². The molecule has 0 radical (unpaired) electrons. The van der Waals surface area contributed by atoms with Gasteiger partial charge in [-0.3, -0.25) is 24.0 Å². The van der Waals surface area contributed by atoms with Crippen LogP contribution >= 0.6 is 0 Å². The Morgan fingerprint density at radius 2 is 1.10 bits per heavy atom. The molecule has 0 aliphatic heterocycles. The highest BCUT2D eigenvalue weighted by Gasteiger charge is 2.09. The molecule has 1 rings (SSSR count). The standard InChI is InChI=1S/C10H17N5O6.C7H8.C2H6/c11-1-6(16)12-2-7(17)13-3-8(18)14-4-9(19)15-5-10(20)21;1-7-5-3-2-4-6-7;1-2/h1-5,11H2,(H,12,16)(H,13,17)(H,14,18)(H,15,19)(H,20,21);2-6H,1H3;1-2H3. The van der Waals surface area contributed by atoms with Crippen molar-refractivity contribution in [2.45, 2.75) is 20.8 Å². The predicted octanol–water partition coefficient (Wildman–Crippen LogP) is -1.48. The highest BCUT2D eigenvalue weighted by atomic mass is 16.4. The first-order chi connectivity index (χ1) is 14.2. The molecule has 0 aromatic heterocycles. The fourth-order valence-electron chi connectivity index (χ4n) is 1.50. The molecule has 0 unspecified atom stereocenters. The fourth-order valence-corrected chi connectivity index (χ4v) is 1.50. The molecule has 11 nitrogen and oxygen atoms in total. The van der Waals surface area contributed by atoms with Crippen molar-refractivity contribution in [3.05, 3.63) is 35.9 Å². The molecule has 1 aromatic carbocycles. The van der Waals surface area contributed by atoms with Gasteiger partial charge in [0.15, 0.2) is 0 Å². The number of carboxylic acids is 1. The van der Waals surface area contributed by atoms with E-state index in [1.165, 1.54) is 5.56 Å². The Kier molecular flexibility index (Phi) is 18.1. The molecule has 30 heavy (non-hydrogen) atoms. The first kappa shape index (κ1) is 28.7. The smallest absolute Gasteiger partial charge is 0.322 e. The second kappa shape index (κ2) is 18.9. The number of carboxylic acid groups (broad SMARTS) is 1. The van der Waals surface area contributed by atoms with E-state index < -0.39 is 42.7 Å². The van der Waals surface area contributed by atoms with E-state index in [9.17, 15) is 24.0 Å². The normalized spacial score (nSPS) is 8.80. The molecule has 0 fully saturated rings. The molecule has 4 amide bonds. The third-order valence-corrected chi connectivity index (χ3v) is 2.90. The van der Waals surface area contributed by atoms with Gasteiger partial charge in [-0.25, -0.2) is 0 Å². The van der Waals surface area contributed by atoms with Gasteiger partial charge in [-0.2, -0.15) is 0 Å². The Morgan fingerprint density at radius 1 is 0.733 bits per heavy atom. The average Bonchev–Trinajstić information content (AvgIpc) is 2.75. The summed E-state index contributed by atoms with van der Waals surface area (Å²) in [6, 6.07) is 10.3. The van der Waals surface area contributed by atoms with Crippen LogP contribution in [0.15, 0.2) is 30.3 Å². The van der Waals surface area contributed by atoms with E-state index in [0.29, 0.717) is 0 Å². The highest BCUT2D eigenvalue weighted by molar-refractivity contribution is 5.90. The van der Waals surface area contributed by atoms with Crippen LogP contribution in [0, 0.1) is 6.92 Å². The van der Waals surface area contributed by atoms with Gasteiger partial charge in [0.1, 0.15) is 6.54 Å². The molecule has 7 N–H and O–H groups in total. The van der Waals surface area contributed by atoms with Crippen molar-refractivity contribution in [3.63, 3.8) is 0 Å². The van der Waals surface area contributed by atoms with Crippen LogP contribution in [0.5, 0.6) is 0 Å². The summed E-state index contributed by atoms with van der Waals surface area (Å²) in [6.07, 6.45) is 0. The summed E-state index contributed by atoms with van der Waals surface area (Å²) in [5, 5.41) is 16.9. The lowest BCUT2D eigenvalue weighted by Crippen LogP contribution is -2.45. The maximum Gasteiger partial charge on any atom is 0.322 e. The van der Waals surface area contributed by atoms with Crippen molar-refractivity contribution in [1.29, 1.82) is 0 Å². The number of benzene rings is 1. The topological polar surface area (TPSA) is 180 Å². The summed E-state index contributed by atoms with van der Waals surface area (Å²) in [5.74, 6) is -3.63. The van der Waals surface area contributed by atoms with Gasteiger partial charge >= 0.3 is 5.97 Å². The number of hydrogen-bond donors (Lipinski definition) is 6. The summed E-state index contributed by atoms with van der Waals surface area (Å²) in [4.78, 5) is 54.4. The number of rotatable bonds is 9. The van der Waals surface area contributed by atoms with Gasteiger partial charge in [0.05, 0.1) is 26.2 Å². The van der Waals surface area contributed by atoms with Crippen LogP contribution in [0.2, 0.25) is 0 Å². The SMILES string of the molecule is CC.Cc1ccccc1.NCC(=O)NCC(=O)NCC(=O)NCC(=O)NCC(=O)O. The van der Waals surface area contributed by atoms with Gasteiger partial charge in [0, 0.05) is 0 Å². The first-order valence-corrected chi connectivity index (χ1v) is 9.25. The van der Waals surface area contributed by atoms with Crippen molar-refractivity contribution in [2.24, 2.45) is 5.73 Å². The van der Waals surface area contributed by atoms with Crippen molar-refractivity contribution in [2.75, 3.05) is 32.7 Å². The van der Waals surface area contributed by atoms with Crippen molar-refractivity contribution in [1.82, 2.24) is 21.3 Å². The molecule has 0 spiro atoms. The maximum absolute atomic E-state index is 11.3. The second-order valence-corrected chi connectivity index (χ2v) is 5.36. The van der Waals surface area contributed by atoms with Crippen LogP contribution in [0.3, 0.4) is 0 Å². The Labute approximate surface area is 175 Å². The largest absolute Gasteiger partial charge is 0.480 e. The zero-order chi connectivity index (χ0) is 23.4. The number of hydrogen-bond acceptors (Lipinski definition) is 6. The van der Waals surface area contributed by atoms with E-state index in [-0.39, 0.29) is 19.6 Å². The molecule has 0 atom stereocenters. The minimum Gasteiger partial charge on any atom is -0.480 e. The van der Waals surface area contributed by atoms with Crippen molar-refractivity contribution < 1.29 is 29.1 Å². The predicted molar refractivity (Wildman–Crippen MR) is 111 cm³/mol. The lowest BCUT2D eigenvalue weighted by molar-refractivity contribution is -0.137. The monoisotopic (exact) mass is 425 g/mol. The van der Waals surface area contributed by atoms with E-state index in [2.05, 4.69) is 35.0 Å².